The minimum absolute atomic E-state index is 0.103. The van der Waals surface area contributed by atoms with Crippen LogP contribution in [0.1, 0.15) is 40.5 Å². The van der Waals surface area contributed by atoms with E-state index in [-0.39, 0.29) is 18.4 Å². The number of fused-ring (bicyclic) bond motifs is 2. The lowest BCUT2D eigenvalue weighted by Crippen LogP contribution is -2.54. The van der Waals surface area contributed by atoms with E-state index in [1.165, 1.54) is 0 Å². The van der Waals surface area contributed by atoms with E-state index in [1.807, 2.05) is 20.8 Å². The van der Waals surface area contributed by atoms with Gasteiger partial charge in [-0.05, 0) is 12.8 Å². The summed E-state index contributed by atoms with van der Waals surface area (Å²) in [6.07, 6.45) is -2.32. The lowest BCUT2D eigenvalue weighted by Gasteiger charge is -2.44. The van der Waals surface area contributed by atoms with Crippen molar-refractivity contribution in [1.29, 1.82) is 0 Å². The lowest BCUT2D eigenvalue weighted by molar-refractivity contribution is -0.147. The molecule has 4 N–H and O–H groups in total. The van der Waals surface area contributed by atoms with E-state index in [4.69, 9.17) is 4.74 Å². The summed E-state index contributed by atoms with van der Waals surface area (Å²) < 4.78 is 5.58. The number of ether oxygens (including phenoxy) is 1. The van der Waals surface area contributed by atoms with Crippen LogP contribution in [0.25, 0.3) is 0 Å². The van der Waals surface area contributed by atoms with Crippen LogP contribution >= 0.6 is 0 Å². The van der Waals surface area contributed by atoms with Crippen molar-refractivity contribution in [3.05, 3.63) is 0 Å². The molecule has 1 aliphatic heterocycles. The van der Waals surface area contributed by atoms with Crippen molar-refractivity contribution in [2.45, 2.75) is 76.2 Å². The van der Waals surface area contributed by atoms with Crippen molar-refractivity contribution >= 4 is 0 Å². The Morgan fingerprint density at radius 1 is 1.10 bits per heavy atom. The van der Waals surface area contributed by atoms with Crippen molar-refractivity contribution in [3.63, 3.8) is 0 Å². The molecule has 3 fully saturated rings. The van der Waals surface area contributed by atoms with E-state index in [2.05, 4.69) is 0 Å². The van der Waals surface area contributed by atoms with Crippen molar-refractivity contribution in [2.75, 3.05) is 0 Å². The second-order valence-corrected chi connectivity index (χ2v) is 7.78. The third-order valence-electron chi connectivity index (χ3n) is 6.31. The molecule has 0 radical (unpaired) electrons. The number of aliphatic hydroxyl groups excluding tert-OH is 3. The molecule has 116 valence electrons. The van der Waals surface area contributed by atoms with Gasteiger partial charge in [0.2, 0.25) is 0 Å². The molecule has 2 saturated carbocycles. The summed E-state index contributed by atoms with van der Waals surface area (Å²) >= 11 is 0. The van der Waals surface area contributed by atoms with Crippen LogP contribution in [-0.2, 0) is 4.74 Å². The molecule has 0 unspecified atom stereocenters. The largest absolute Gasteiger partial charge is 0.393 e. The fraction of sp³-hybridized carbons (Fsp3) is 1.00. The third kappa shape index (κ3) is 1.56. The maximum atomic E-state index is 11.0. The number of aliphatic hydroxyl groups is 4. The zero-order valence-corrected chi connectivity index (χ0v) is 12.6. The Kier molecular flexibility index (Phi) is 2.91. The van der Waals surface area contributed by atoms with Crippen molar-refractivity contribution in [1.82, 2.24) is 0 Å². The molecule has 20 heavy (non-hydrogen) atoms. The van der Waals surface area contributed by atoms with Gasteiger partial charge in [0.1, 0.15) is 6.10 Å². The van der Waals surface area contributed by atoms with Crippen molar-refractivity contribution < 1.29 is 25.2 Å². The van der Waals surface area contributed by atoms with Gasteiger partial charge in [-0.3, -0.25) is 0 Å². The molecule has 3 rings (SSSR count). The van der Waals surface area contributed by atoms with Gasteiger partial charge >= 0.3 is 0 Å². The normalized spacial score (nSPS) is 62.0. The smallest absolute Gasteiger partial charge is 0.114 e. The molecule has 0 bridgehead atoms. The Bertz CT molecular complexity index is 426. The summed E-state index contributed by atoms with van der Waals surface area (Å²) in [5.41, 5.74) is -2.65. The number of epoxide rings is 1. The predicted molar refractivity (Wildman–Crippen MR) is 71.9 cm³/mol. The molecule has 0 spiro atoms. The number of rotatable bonds is 1. The summed E-state index contributed by atoms with van der Waals surface area (Å²) in [6.45, 7) is 7.42. The van der Waals surface area contributed by atoms with E-state index < -0.39 is 40.8 Å². The highest BCUT2D eigenvalue weighted by molar-refractivity contribution is 5.22. The molecule has 1 heterocycles. The topological polar surface area (TPSA) is 93.5 Å². The Morgan fingerprint density at radius 2 is 1.70 bits per heavy atom. The Morgan fingerprint density at radius 3 is 2.25 bits per heavy atom. The molecule has 5 heteroatoms. The Hall–Kier alpha value is -0.200. The summed E-state index contributed by atoms with van der Waals surface area (Å²) in [4.78, 5) is 0. The van der Waals surface area contributed by atoms with Gasteiger partial charge in [0.25, 0.3) is 0 Å². The third-order valence-corrected chi connectivity index (χ3v) is 6.31. The van der Waals surface area contributed by atoms with E-state index >= 15 is 0 Å². The first-order valence-corrected chi connectivity index (χ1v) is 7.52. The van der Waals surface area contributed by atoms with E-state index in [1.54, 1.807) is 6.92 Å². The highest BCUT2D eigenvalue weighted by atomic mass is 16.6. The van der Waals surface area contributed by atoms with Gasteiger partial charge in [0.05, 0.1) is 29.5 Å². The number of hydrogen-bond donors (Lipinski definition) is 4. The average molecular weight is 286 g/mol. The molecular formula is C15H26O5. The van der Waals surface area contributed by atoms with Gasteiger partial charge in [0, 0.05) is 24.2 Å². The van der Waals surface area contributed by atoms with Gasteiger partial charge in [-0.2, -0.15) is 0 Å². The summed E-state index contributed by atoms with van der Waals surface area (Å²) in [7, 11) is 0. The maximum absolute atomic E-state index is 11.0. The molecule has 0 aromatic rings. The molecular weight excluding hydrogens is 260 g/mol. The molecule has 2 aliphatic carbocycles. The van der Waals surface area contributed by atoms with Crippen LogP contribution in [0.5, 0.6) is 0 Å². The monoisotopic (exact) mass is 286 g/mol. The molecule has 1 saturated heterocycles. The molecule has 0 amide bonds. The zero-order chi connectivity index (χ0) is 15.1. The first-order valence-electron chi connectivity index (χ1n) is 7.52. The summed E-state index contributed by atoms with van der Waals surface area (Å²) in [6, 6.07) is 0. The van der Waals surface area contributed by atoms with Crippen molar-refractivity contribution in [3.8, 4) is 0 Å². The van der Waals surface area contributed by atoms with Gasteiger partial charge in [0.15, 0.2) is 0 Å². The standard InChI is InChI=1S/C15H26O5/c1-7(2)15(19)6-9(17)14(4)10(15)8(16)5-13(3)12(20-13)11(14)18/h7-12,16-19H,5-6H2,1-4H3/t8-,9-,10+,11+,12-,13+,14-,15+/m0/s1. The van der Waals surface area contributed by atoms with Crippen LogP contribution in [0.4, 0.5) is 0 Å². The highest BCUT2D eigenvalue weighted by Crippen LogP contribution is 2.62. The summed E-state index contributed by atoms with van der Waals surface area (Å²) in [5, 5.41) is 42.9. The fourth-order valence-electron chi connectivity index (χ4n) is 4.80. The van der Waals surface area contributed by atoms with Crippen molar-refractivity contribution in [2.24, 2.45) is 17.3 Å². The molecule has 8 atom stereocenters. The van der Waals surface area contributed by atoms with Crippen LogP contribution in [0, 0.1) is 17.3 Å². The maximum Gasteiger partial charge on any atom is 0.114 e. The van der Waals surface area contributed by atoms with E-state index in [9.17, 15) is 20.4 Å². The Labute approximate surface area is 119 Å². The summed E-state index contributed by atoms with van der Waals surface area (Å²) in [5.74, 6) is -0.651. The van der Waals surface area contributed by atoms with E-state index in [0.29, 0.717) is 6.42 Å². The second-order valence-electron chi connectivity index (χ2n) is 7.78. The number of hydrogen-bond acceptors (Lipinski definition) is 5. The highest BCUT2D eigenvalue weighted by Gasteiger charge is 2.73. The molecule has 3 aliphatic rings. The van der Waals surface area contributed by atoms with E-state index in [0.717, 1.165) is 0 Å². The average Bonchev–Trinajstić information content (AvgIpc) is 2.92. The molecule has 0 aromatic heterocycles. The quantitative estimate of drug-likeness (QED) is 0.511. The molecule has 0 aromatic carbocycles. The SMILES string of the molecule is CC(C)[C@]1(O)C[C@H](O)[C@]2(C)[C@H](O)[C@@H]3O[C@]3(C)C[C@H](O)[C@H]21. The van der Waals surface area contributed by atoms with Crippen LogP contribution in [0.2, 0.25) is 0 Å². The minimum atomic E-state index is -1.16. The van der Waals surface area contributed by atoms with Gasteiger partial charge in [-0.15, -0.1) is 0 Å². The second kappa shape index (κ2) is 3.96. The Balaban J connectivity index is 2.08. The van der Waals surface area contributed by atoms with Gasteiger partial charge < -0.3 is 25.2 Å². The van der Waals surface area contributed by atoms with Crippen LogP contribution < -0.4 is 0 Å². The van der Waals surface area contributed by atoms with Gasteiger partial charge in [-0.25, -0.2) is 0 Å². The van der Waals surface area contributed by atoms with Crippen LogP contribution in [0.3, 0.4) is 0 Å². The lowest BCUT2D eigenvalue weighted by atomic mass is 9.66. The first kappa shape index (κ1) is 14.7. The fourth-order valence-corrected chi connectivity index (χ4v) is 4.80. The zero-order valence-electron chi connectivity index (χ0n) is 12.6. The van der Waals surface area contributed by atoms with Crippen LogP contribution in [-0.4, -0.2) is 56.0 Å². The molecule has 5 nitrogen and oxygen atoms in total. The first-order chi connectivity index (χ1) is 9.07. The predicted octanol–water partition coefficient (Wildman–Crippen LogP) is 0.0436. The minimum Gasteiger partial charge on any atom is -0.393 e. The van der Waals surface area contributed by atoms with Crippen LogP contribution in [0.15, 0.2) is 0 Å². The van der Waals surface area contributed by atoms with Gasteiger partial charge in [-0.1, -0.05) is 20.8 Å².